The Hall–Kier alpha value is -3.61. The van der Waals surface area contributed by atoms with Crippen molar-refractivity contribution < 1.29 is 18.0 Å². The van der Waals surface area contributed by atoms with E-state index in [0.29, 0.717) is 5.69 Å². The number of hydrogen-bond donors (Lipinski definition) is 1. The quantitative estimate of drug-likeness (QED) is 0.524. The largest absolute Gasteiger partial charge is 0.434 e. The zero-order chi connectivity index (χ0) is 19.7. The summed E-state index contributed by atoms with van der Waals surface area (Å²) in [5, 5.41) is 8.01. The van der Waals surface area contributed by atoms with Crippen molar-refractivity contribution in [3.05, 3.63) is 90.3 Å². The molecule has 0 saturated carbocycles. The summed E-state index contributed by atoms with van der Waals surface area (Å²) in [7, 11) is 0. The van der Waals surface area contributed by atoms with Gasteiger partial charge in [-0.1, -0.05) is 54.6 Å². The van der Waals surface area contributed by atoms with Gasteiger partial charge in [0.2, 0.25) is 0 Å². The highest BCUT2D eigenvalue weighted by molar-refractivity contribution is 6.09. The smallest absolute Gasteiger partial charge is 0.321 e. The molecule has 1 amide bonds. The van der Waals surface area contributed by atoms with Gasteiger partial charge in [0.25, 0.3) is 5.91 Å². The second-order valence-corrected chi connectivity index (χ2v) is 6.13. The van der Waals surface area contributed by atoms with E-state index in [0.717, 1.165) is 21.7 Å². The Morgan fingerprint density at radius 3 is 2.32 bits per heavy atom. The molecule has 0 spiro atoms. The molecule has 4 nitrogen and oxygen atoms in total. The summed E-state index contributed by atoms with van der Waals surface area (Å²) >= 11 is 0. The molecule has 0 aliphatic heterocycles. The zero-order valence-electron chi connectivity index (χ0n) is 14.4. The predicted molar refractivity (Wildman–Crippen MR) is 100 cm³/mol. The van der Waals surface area contributed by atoms with E-state index in [-0.39, 0.29) is 5.69 Å². The fraction of sp³-hybridized carbons (Fsp3) is 0.0476. The van der Waals surface area contributed by atoms with Crippen molar-refractivity contribution in [1.82, 2.24) is 9.78 Å². The van der Waals surface area contributed by atoms with E-state index in [1.165, 1.54) is 12.1 Å². The van der Waals surface area contributed by atoms with Crippen LogP contribution >= 0.6 is 0 Å². The third-order valence-corrected chi connectivity index (χ3v) is 4.32. The van der Waals surface area contributed by atoms with Crippen LogP contribution in [0.25, 0.3) is 16.5 Å². The maximum absolute atomic E-state index is 13.7. The molecule has 4 aromatic rings. The van der Waals surface area contributed by atoms with E-state index in [9.17, 15) is 18.0 Å². The minimum atomic E-state index is -4.75. The molecule has 0 saturated heterocycles. The summed E-state index contributed by atoms with van der Waals surface area (Å²) in [6.07, 6.45) is -3.81. The van der Waals surface area contributed by atoms with Crippen LogP contribution in [0.2, 0.25) is 0 Å². The van der Waals surface area contributed by atoms with Crippen molar-refractivity contribution in [2.75, 3.05) is 5.32 Å². The lowest BCUT2D eigenvalue weighted by atomic mass is 10.1. The first-order valence-electron chi connectivity index (χ1n) is 8.45. The molecule has 1 aromatic heterocycles. The molecule has 0 unspecified atom stereocenters. The molecule has 1 N–H and O–H groups in total. The molecular weight excluding hydrogens is 367 g/mol. The highest BCUT2D eigenvalue weighted by Crippen LogP contribution is 2.34. The van der Waals surface area contributed by atoms with Crippen LogP contribution in [0.1, 0.15) is 16.1 Å². The Bertz CT molecular complexity index is 1150. The summed E-state index contributed by atoms with van der Waals surface area (Å²) in [5.74, 6) is -0.870. The van der Waals surface area contributed by atoms with Crippen LogP contribution in [-0.4, -0.2) is 15.7 Å². The van der Waals surface area contributed by atoms with Crippen LogP contribution in [0, 0.1) is 0 Å². The number of benzene rings is 3. The Kier molecular flexibility index (Phi) is 4.35. The number of hydrogen-bond acceptors (Lipinski definition) is 2. The molecule has 3 aromatic carbocycles. The lowest BCUT2D eigenvalue weighted by Gasteiger charge is -2.13. The van der Waals surface area contributed by atoms with E-state index in [1.807, 2.05) is 18.2 Å². The maximum Gasteiger partial charge on any atom is 0.434 e. The lowest BCUT2D eigenvalue weighted by molar-refractivity contribution is -0.143. The number of alkyl halides is 3. The van der Waals surface area contributed by atoms with Crippen molar-refractivity contribution in [3.63, 3.8) is 0 Å². The Morgan fingerprint density at radius 1 is 0.893 bits per heavy atom. The van der Waals surface area contributed by atoms with Crippen molar-refractivity contribution in [3.8, 4) is 5.69 Å². The van der Waals surface area contributed by atoms with Gasteiger partial charge in [0.1, 0.15) is 0 Å². The third-order valence-electron chi connectivity index (χ3n) is 4.32. The molecular formula is C21H14F3N3O. The third kappa shape index (κ3) is 3.22. The van der Waals surface area contributed by atoms with Gasteiger partial charge in [-0.25, -0.2) is 4.68 Å². The second-order valence-electron chi connectivity index (χ2n) is 6.13. The summed E-state index contributed by atoms with van der Waals surface area (Å²) in [6.45, 7) is 0. The molecule has 140 valence electrons. The van der Waals surface area contributed by atoms with E-state index < -0.39 is 23.3 Å². The standard InChI is InChI=1S/C21H14F3N3O/c22-21(23,24)19-17(13-25-27(19)15-9-2-1-3-10-15)20(28)26-18-12-6-8-14-7-4-5-11-16(14)18/h1-13H,(H,26,28). The molecule has 4 rings (SSSR count). The number of para-hydroxylation sites is 1. The minimum Gasteiger partial charge on any atom is -0.321 e. The van der Waals surface area contributed by atoms with Gasteiger partial charge in [-0.15, -0.1) is 0 Å². The lowest BCUT2D eigenvalue weighted by Crippen LogP contribution is -2.20. The molecule has 0 fully saturated rings. The minimum absolute atomic E-state index is 0.221. The van der Waals surface area contributed by atoms with Crippen LogP contribution in [0.4, 0.5) is 18.9 Å². The number of carbonyl (C=O) groups is 1. The molecule has 1 heterocycles. The number of halogens is 3. The van der Waals surface area contributed by atoms with Gasteiger partial charge in [0, 0.05) is 11.1 Å². The summed E-state index contributed by atoms with van der Waals surface area (Å²) in [6, 6.07) is 20.4. The van der Waals surface area contributed by atoms with Crippen molar-refractivity contribution in [2.24, 2.45) is 0 Å². The van der Waals surface area contributed by atoms with Gasteiger partial charge in [0.05, 0.1) is 17.4 Å². The molecule has 7 heteroatoms. The van der Waals surface area contributed by atoms with Gasteiger partial charge in [-0.3, -0.25) is 4.79 Å². The van der Waals surface area contributed by atoms with Gasteiger partial charge < -0.3 is 5.32 Å². The molecule has 0 aliphatic rings. The van der Waals surface area contributed by atoms with E-state index in [2.05, 4.69) is 10.4 Å². The fourth-order valence-electron chi connectivity index (χ4n) is 3.08. The number of rotatable bonds is 3. The monoisotopic (exact) mass is 381 g/mol. The number of fused-ring (bicyclic) bond motifs is 1. The van der Waals surface area contributed by atoms with E-state index >= 15 is 0 Å². The number of anilines is 1. The zero-order valence-corrected chi connectivity index (χ0v) is 14.4. The van der Waals surface area contributed by atoms with Gasteiger partial charge in [0.15, 0.2) is 5.69 Å². The van der Waals surface area contributed by atoms with Crippen LogP contribution in [-0.2, 0) is 6.18 Å². The molecule has 28 heavy (non-hydrogen) atoms. The predicted octanol–water partition coefficient (Wildman–Crippen LogP) is 5.30. The van der Waals surface area contributed by atoms with Gasteiger partial charge in [-0.2, -0.15) is 18.3 Å². The SMILES string of the molecule is O=C(Nc1cccc2ccccc12)c1cnn(-c2ccccc2)c1C(F)(F)F. The maximum atomic E-state index is 13.7. The molecule has 0 radical (unpaired) electrons. The highest BCUT2D eigenvalue weighted by Gasteiger charge is 2.40. The Balaban J connectivity index is 1.77. The second kappa shape index (κ2) is 6.84. The number of aromatic nitrogens is 2. The van der Waals surface area contributed by atoms with E-state index in [4.69, 9.17) is 0 Å². The number of nitrogens with one attached hydrogen (secondary N) is 1. The van der Waals surface area contributed by atoms with Crippen molar-refractivity contribution >= 4 is 22.4 Å². The topological polar surface area (TPSA) is 46.9 Å². The first-order chi connectivity index (χ1) is 13.4. The number of nitrogens with zero attached hydrogens (tertiary/aromatic N) is 2. The normalized spacial score (nSPS) is 11.5. The first-order valence-corrected chi connectivity index (χ1v) is 8.45. The van der Waals surface area contributed by atoms with Crippen LogP contribution in [0.3, 0.4) is 0 Å². The van der Waals surface area contributed by atoms with Crippen LogP contribution in [0.15, 0.2) is 79.0 Å². The van der Waals surface area contributed by atoms with Crippen LogP contribution < -0.4 is 5.32 Å². The van der Waals surface area contributed by atoms with Crippen molar-refractivity contribution in [2.45, 2.75) is 6.18 Å². The summed E-state index contributed by atoms with van der Waals surface area (Å²) in [4.78, 5) is 12.7. The fourth-order valence-corrected chi connectivity index (χ4v) is 3.08. The van der Waals surface area contributed by atoms with Crippen molar-refractivity contribution in [1.29, 1.82) is 0 Å². The average molecular weight is 381 g/mol. The van der Waals surface area contributed by atoms with E-state index in [1.54, 1.807) is 42.5 Å². The number of amides is 1. The Labute approximate surface area is 158 Å². The van der Waals surface area contributed by atoms with Gasteiger partial charge >= 0.3 is 6.18 Å². The first kappa shape index (κ1) is 17.8. The molecule has 0 bridgehead atoms. The van der Waals surface area contributed by atoms with Gasteiger partial charge in [-0.05, 0) is 23.6 Å². The number of carbonyl (C=O) groups excluding carboxylic acids is 1. The molecule has 0 atom stereocenters. The summed E-state index contributed by atoms with van der Waals surface area (Å²) < 4.78 is 42.0. The summed E-state index contributed by atoms with van der Waals surface area (Å²) in [5.41, 5.74) is -0.997. The average Bonchev–Trinajstić information content (AvgIpc) is 3.15. The Morgan fingerprint density at radius 2 is 1.57 bits per heavy atom. The molecule has 0 aliphatic carbocycles. The highest BCUT2D eigenvalue weighted by atomic mass is 19.4. The van der Waals surface area contributed by atoms with Crippen LogP contribution in [0.5, 0.6) is 0 Å².